The van der Waals surface area contributed by atoms with E-state index in [2.05, 4.69) is 5.32 Å². The van der Waals surface area contributed by atoms with Crippen LogP contribution in [0.1, 0.15) is 16.7 Å². The predicted molar refractivity (Wildman–Crippen MR) is 122 cm³/mol. The number of halogens is 1. The first-order chi connectivity index (χ1) is 15.4. The number of barbiturate groups is 1. The molecule has 0 aromatic heterocycles. The normalized spacial score (nSPS) is 15.1. The number of anilines is 1. The maximum absolute atomic E-state index is 13.1. The molecular formula is C25H19ClN2O4. The molecule has 0 spiro atoms. The van der Waals surface area contributed by atoms with E-state index < -0.39 is 17.8 Å². The van der Waals surface area contributed by atoms with E-state index in [0.717, 1.165) is 16.0 Å². The average molecular weight is 447 g/mol. The summed E-state index contributed by atoms with van der Waals surface area (Å²) in [5.41, 5.74) is 2.72. The fourth-order valence-electron chi connectivity index (χ4n) is 3.23. The molecule has 4 amide bonds. The van der Waals surface area contributed by atoms with Crippen molar-refractivity contribution in [3.05, 3.63) is 100 Å². The Bertz CT molecular complexity index is 1220. The number of carbonyl (C=O) groups excluding carboxylic acids is 3. The van der Waals surface area contributed by atoms with E-state index in [1.54, 1.807) is 48.5 Å². The lowest BCUT2D eigenvalue weighted by molar-refractivity contribution is -0.122. The van der Waals surface area contributed by atoms with Gasteiger partial charge >= 0.3 is 6.03 Å². The minimum absolute atomic E-state index is 0.198. The summed E-state index contributed by atoms with van der Waals surface area (Å²) in [6.07, 6.45) is 1.39. The van der Waals surface area contributed by atoms with Crippen molar-refractivity contribution in [3.8, 4) is 5.75 Å². The summed E-state index contributed by atoms with van der Waals surface area (Å²) in [5.74, 6) is -1.06. The van der Waals surface area contributed by atoms with Crippen molar-refractivity contribution in [1.82, 2.24) is 5.32 Å². The molecule has 3 aromatic rings. The highest BCUT2D eigenvalue weighted by Gasteiger charge is 2.36. The highest BCUT2D eigenvalue weighted by atomic mass is 35.5. The third kappa shape index (κ3) is 4.55. The van der Waals surface area contributed by atoms with Gasteiger partial charge in [-0.2, -0.15) is 0 Å². The van der Waals surface area contributed by atoms with E-state index in [-0.39, 0.29) is 5.57 Å². The van der Waals surface area contributed by atoms with Gasteiger partial charge in [0.15, 0.2) is 0 Å². The molecule has 6 nitrogen and oxygen atoms in total. The third-order valence-electron chi connectivity index (χ3n) is 4.90. The Morgan fingerprint density at radius 2 is 1.69 bits per heavy atom. The molecule has 1 N–H and O–H groups in total. The molecule has 1 fully saturated rings. The van der Waals surface area contributed by atoms with E-state index in [4.69, 9.17) is 16.3 Å². The smallest absolute Gasteiger partial charge is 0.335 e. The number of imide groups is 2. The lowest BCUT2D eigenvalue weighted by Crippen LogP contribution is -2.54. The average Bonchev–Trinajstić information content (AvgIpc) is 2.78. The summed E-state index contributed by atoms with van der Waals surface area (Å²) in [4.78, 5) is 38.8. The van der Waals surface area contributed by atoms with Gasteiger partial charge in [0.05, 0.1) is 5.69 Å². The van der Waals surface area contributed by atoms with Gasteiger partial charge in [-0.25, -0.2) is 9.69 Å². The first kappa shape index (κ1) is 21.3. The van der Waals surface area contributed by atoms with Crippen LogP contribution in [-0.4, -0.2) is 17.8 Å². The van der Waals surface area contributed by atoms with Crippen molar-refractivity contribution >= 4 is 41.2 Å². The van der Waals surface area contributed by atoms with E-state index in [1.165, 1.54) is 6.08 Å². The third-order valence-corrected chi connectivity index (χ3v) is 5.14. The van der Waals surface area contributed by atoms with Gasteiger partial charge in [0.25, 0.3) is 11.8 Å². The van der Waals surface area contributed by atoms with Crippen LogP contribution in [0.4, 0.5) is 10.5 Å². The number of ether oxygens (including phenoxy) is 1. The highest BCUT2D eigenvalue weighted by Crippen LogP contribution is 2.28. The molecule has 3 aromatic carbocycles. The number of carbonyl (C=O) groups is 3. The Balaban J connectivity index is 1.66. The van der Waals surface area contributed by atoms with Crippen LogP contribution in [0.15, 0.2) is 78.4 Å². The van der Waals surface area contributed by atoms with Crippen LogP contribution < -0.4 is 15.0 Å². The van der Waals surface area contributed by atoms with Crippen LogP contribution in [0, 0.1) is 6.92 Å². The Morgan fingerprint density at radius 1 is 0.969 bits per heavy atom. The number of para-hydroxylation sites is 1. The number of hydrogen-bond donors (Lipinski definition) is 1. The lowest BCUT2D eigenvalue weighted by Gasteiger charge is -2.26. The maximum atomic E-state index is 13.1. The van der Waals surface area contributed by atoms with Crippen molar-refractivity contribution in [2.24, 2.45) is 0 Å². The zero-order chi connectivity index (χ0) is 22.7. The Kier molecular flexibility index (Phi) is 6.05. The Labute approximate surface area is 190 Å². The number of rotatable bonds is 5. The summed E-state index contributed by atoms with van der Waals surface area (Å²) in [6, 6.07) is 20.4. The van der Waals surface area contributed by atoms with Gasteiger partial charge < -0.3 is 4.74 Å². The van der Waals surface area contributed by atoms with Crippen LogP contribution >= 0.6 is 11.6 Å². The van der Waals surface area contributed by atoms with Crippen LogP contribution in [0.3, 0.4) is 0 Å². The molecule has 1 aliphatic heterocycles. The summed E-state index contributed by atoms with van der Waals surface area (Å²) in [6.45, 7) is 2.30. The molecular weight excluding hydrogens is 428 g/mol. The van der Waals surface area contributed by atoms with Gasteiger partial charge in [-0.1, -0.05) is 59.6 Å². The Morgan fingerprint density at radius 3 is 2.41 bits per heavy atom. The highest BCUT2D eigenvalue weighted by molar-refractivity contribution is 6.39. The van der Waals surface area contributed by atoms with E-state index in [9.17, 15) is 14.4 Å². The van der Waals surface area contributed by atoms with Crippen LogP contribution in [-0.2, 0) is 16.2 Å². The van der Waals surface area contributed by atoms with Crippen molar-refractivity contribution < 1.29 is 19.1 Å². The van der Waals surface area contributed by atoms with Gasteiger partial charge in [0.2, 0.25) is 0 Å². The number of benzene rings is 3. The first-order valence-corrected chi connectivity index (χ1v) is 10.2. The van der Waals surface area contributed by atoms with Crippen LogP contribution in [0.5, 0.6) is 5.75 Å². The van der Waals surface area contributed by atoms with E-state index >= 15 is 0 Å². The van der Waals surface area contributed by atoms with Gasteiger partial charge in [-0.3, -0.25) is 14.9 Å². The molecule has 160 valence electrons. The molecule has 4 rings (SSSR count). The number of nitrogens with zero attached hydrogens (tertiary/aromatic N) is 1. The molecule has 0 saturated carbocycles. The van der Waals surface area contributed by atoms with Crippen molar-refractivity contribution in [2.75, 3.05) is 4.90 Å². The number of hydrogen-bond acceptors (Lipinski definition) is 4. The van der Waals surface area contributed by atoms with Gasteiger partial charge in [-0.15, -0.1) is 0 Å². The standard InChI is InChI=1S/C25H19ClN2O4/c1-16-7-9-17(10-8-16)15-32-22-12-11-19(26)13-18(22)14-21-23(29)27-25(31)28(24(21)30)20-5-3-2-4-6-20/h2-14H,15H2,1H3,(H,27,29,31)/b21-14+. The zero-order valence-electron chi connectivity index (χ0n) is 17.2. The minimum atomic E-state index is -0.801. The molecule has 0 atom stereocenters. The molecule has 0 radical (unpaired) electrons. The second-order valence-corrected chi connectivity index (χ2v) is 7.69. The van der Waals surface area contributed by atoms with E-state index in [1.807, 2.05) is 31.2 Å². The second-order valence-electron chi connectivity index (χ2n) is 7.25. The number of aryl methyl sites for hydroxylation is 1. The zero-order valence-corrected chi connectivity index (χ0v) is 17.9. The van der Waals surface area contributed by atoms with Crippen LogP contribution in [0.25, 0.3) is 6.08 Å². The number of nitrogens with one attached hydrogen (secondary N) is 1. The molecule has 32 heavy (non-hydrogen) atoms. The minimum Gasteiger partial charge on any atom is -0.488 e. The molecule has 1 saturated heterocycles. The topological polar surface area (TPSA) is 75.7 Å². The first-order valence-electron chi connectivity index (χ1n) is 9.87. The number of urea groups is 1. The molecule has 0 unspecified atom stereocenters. The van der Waals surface area contributed by atoms with Crippen molar-refractivity contribution in [1.29, 1.82) is 0 Å². The summed E-state index contributed by atoms with van der Waals surface area (Å²) < 4.78 is 5.94. The van der Waals surface area contributed by atoms with Crippen LogP contribution in [0.2, 0.25) is 5.02 Å². The Hall–Kier alpha value is -3.90. The quantitative estimate of drug-likeness (QED) is 0.447. The van der Waals surface area contributed by atoms with Gasteiger partial charge in [0.1, 0.15) is 17.9 Å². The summed E-state index contributed by atoms with van der Waals surface area (Å²) in [5, 5.41) is 2.63. The van der Waals surface area contributed by atoms with E-state index in [0.29, 0.717) is 28.6 Å². The molecule has 1 aliphatic rings. The molecule has 7 heteroatoms. The number of amides is 4. The van der Waals surface area contributed by atoms with Crippen molar-refractivity contribution in [2.45, 2.75) is 13.5 Å². The monoisotopic (exact) mass is 446 g/mol. The summed E-state index contributed by atoms with van der Waals surface area (Å²) in [7, 11) is 0. The van der Waals surface area contributed by atoms with Gasteiger partial charge in [-0.05, 0) is 48.9 Å². The second kappa shape index (κ2) is 9.08. The predicted octanol–water partition coefficient (Wildman–Crippen LogP) is 4.89. The molecule has 0 aliphatic carbocycles. The lowest BCUT2D eigenvalue weighted by atomic mass is 10.1. The maximum Gasteiger partial charge on any atom is 0.335 e. The van der Waals surface area contributed by atoms with Gasteiger partial charge in [0, 0.05) is 10.6 Å². The molecule has 1 heterocycles. The van der Waals surface area contributed by atoms with Crippen molar-refractivity contribution in [3.63, 3.8) is 0 Å². The fourth-order valence-corrected chi connectivity index (χ4v) is 3.41. The fraction of sp³-hybridized carbons (Fsp3) is 0.0800. The summed E-state index contributed by atoms with van der Waals surface area (Å²) >= 11 is 6.15. The largest absolute Gasteiger partial charge is 0.488 e. The molecule has 0 bridgehead atoms. The SMILES string of the molecule is Cc1ccc(COc2ccc(Cl)cc2/C=C2\C(=O)NC(=O)N(c3ccccc3)C2=O)cc1.